The number of fused-ring (bicyclic) bond motifs is 1. The highest BCUT2D eigenvalue weighted by Crippen LogP contribution is 2.31. The van der Waals surface area contributed by atoms with Crippen molar-refractivity contribution in [1.29, 1.82) is 0 Å². The first-order valence-corrected chi connectivity index (χ1v) is 9.93. The van der Waals surface area contributed by atoms with E-state index in [0.29, 0.717) is 18.3 Å². The lowest BCUT2D eigenvalue weighted by atomic mass is 10.1. The molecule has 1 aliphatic rings. The van der Waals surface area contributed by atoms with Crippen LogP contribution < -0.4 is 5.32 Å². The van der Waals surface area contributed by atoms with Crippen molar-refractivity contribution in [1.82, 2.24) is 15.1 Å². The van der Waals surface area contributed by atoms with Gasteiger partial charge in [0.1, 0.15) is 5.82 Å². The van der Waals surface area contributed by atoms with Gasteiger partial charge >= 0.3 is 0 Å². The standard InChI is InChI=1S/C23H22N4O2/c1-15-7-5-10-17-13-19(21(25-20(15)17)24-14-18-11-6-12-28-18)22-26-23(29-27-22)16-8-3-2-4-9-16/h2-5,7-10,13,18H,6,11-12,14H2,1H3,(H,24,25)/t18-/m0/s1. The Morgan fingerprint density at radius 2 is 1.97 bits per heavy atom. The second-order valence-corrected chi connectivity index (χ2v) is 7.34. The Morgan fingerprint density at radius 1 is 1.07 bits per heavy atom. The van der Waals surface area contributed by atoms with Gasteiger partial charge in [-0.05, 0) is 43.5 Å². The Labute approximate surface area is 168 Å². The zero-order valence-electron chi connectivity index (χ0n) is 16.3. The van der Waals surface area contributed by atoms with Crippen LogP contribution in [-0.4, -0.2) is 34.4 Å². The quantitative estimate of drug-likeness (QED) is 0.528. The summed E-state index contributed by atoms with van der Waals surface area (Å²) in [6, 6.07) is 18.0. The number of hydrogen-bond acceptors (Lipinski definition) is 6. The molecule has 4 aromatic rings. The second-order valence-electron chi connectivity index (χ2n) is 7.34. The Bertz CT molecular complexity index is 1130. The molecule has 1 saturated heterocycles. The molecule has 0 unspecified atom stereocenters. The molecule has 0 aliphatic carbocycles. The first-order valence-electron chi connectivity index (χ1n) is 9.93. The number of hydrogen-bond donors (Lipinski definition) is 1. The van der Waals surface area contributed by atoms with E-state index in [9.17, 15) is 0 Å². The van der Waals surface area contributed by atoms with E-state index >= 15 is 0 Å². The molecule has 1 N–H and O–H groups in total. The summed E-state index contributed by atoms with van der Waals surface area (Å²) >= 11 is 0. The summed E-state index contributed by atoms with van der Waals surface area (Å²) < 4.78 is 11.3. The molecule has 2 aromatic carbocycles. The van der Waals surface area contributed by atoms with Crippen LogP contribution in [0.25, 0.3) is 33.7 Å². The molecule has 6 nitrogen and oxygen atoms in total. The molecule has 0 saturated carbocycles. The Balaban J connectivity index is 1.55. The van der Waals surface area contributed by atoms with E-state index < -0.39 is 0 Å². The van der Waals surface area contributed by atoms with E-state index in [1.807, 2.05) is 36.4 Å². The molecule has 1 atom stereocenters. The van der Waals surface area contributed by atoms with Crippen LogP contribution in [0.15, 0.2) is 59.1 Å². The highest BCUT2D eigenvalue weighted by atomic mass is 16.5. The average molecular weight is 386 g/mol. The van der Waals surface area contributed by atoms with Gasteiger partial charge in [0.25, 0.3) is 5.89 Å². The predicted molar refractivity (Wildman–Crippen MR) is 113 cm³/mol. The van der Waals surface area contributed by atoms with E-state index in [1.54, 1.807) is 0 Å². The summed E-state index contributed by atoms with van der Waals surface area (Å²) in [5.74, 6) is 1.77. The lowest BCUT2D eigenvalue weighted by molar-refractivity contribution is 0.120. The maximum Gasteiger partial charge on any atom is 0.258 e. The zero-order valence-corrected chi connectivity index (χ0v) is 16.3. The summed E-state index contributed by atoms with van der Waals surface area (Å²) in [6.07, 6.45) is 2.38. The fraction of sp³-hybridized carbons (Fsp3) is 0.261. The lowest BCUT2D eigenvalue weighted by Gasteiger charge is -2.14. The van der Waals surface area contributed by atoms with Crippen molar-refractivity contribution in [3.05, 3.63) is 60.2 Å². The van der Waals surface area contributed by atoms with Gasteiger partial charge in [-0.15, -0.1) is 0 Å². The largest absolute Gasteiger partial charge is 0.376 e. The van der Waals surface area contributed by atoms with Gasteiger partial charge in [0.2, 0.25) is 5.82 Å². The van der Waals surface area contributed by atoms with Gasteiger partial charge in [0, 0.05) is 24.1 Å². The van der Waals surface area contributed by atoms with Crippen molar-refractivity contribution >= 4 is 16.7 Å². The van der Waals surface area contributed by atoms with Crippen LogP contribution >= 0.6 is 0 Å². The number of nitrogens with zero attached hydrogens (tertiary/aromatic N) is 3. The predicted octanol–water partition coefficient (Wildman–Crippen LogP) is 4.85. The van der Waals surface area contributed by atoms with Gasteiger partial charge in [-0.2, -0.15) is 4.98 Å². The lowest BCUT2D eigenvalue weighted by Crippen LogP contribution is -2.19. The van der Waals surface area contributed by atoms with E-state index in [0.717, 1.165) is 52.9 Å². The third-order valence-corrected chi connectivity index (χ3v) is 5.26. The molecular weight excluding hydrogens is 364 g/mol. The summed E-state index contributed by atoms with van der Waals surface area (Å²) in [6.45, 7) is 3.61. The fourth-order valence-corrected chi connectivity index (χ4v) is 3.70. The number of anilines is 1. The highest BCUT2D eigenvalue weighted by molar-refractivity contribution is 5.89. The van der Waals surface area contributed by atoms with Crippen LogP contribution in [0.2, 0.25) is 0 Å². The van der Waals surface area contributed by atoms with Crippen molar-refractivity contribution < 1.29 is 9.26 Å². The Hall–Kier alpha value is -3.25. The first-order chi connectivity index (χ1) is 14.3. The smallest absolute Gasteiger partial charge is 0.258 e. The van der Waals surface area contributed by atoms with Crippen LogP contribution in [-0.2, 0) is 4.74 Å². The van der Waals surface area contributed by atoms with E-state index in [2.05, 4.69) is 40.6 Å². The van der Waals surface area contributed by atoms with Gasteiger partial charge < -0.3 is 14.6 Å². The monoisotopic (exact) mass is 386 g/mol. The second kappa shape index (κ2) is 7.64. The molecule has 0 amide bonds. The average Bonchev–Trinajstić information content (AvgIpc) is 3.45. The molecule has 29 heavy (non-hydrogen) atoms. The maximum absolute atomic E-state index is 5.75. The van der Waals surface area contributed by atoms with Crippen molar-refractivity contribution in [3.8, 4) is 22.8 Å². The van der Waals surface area contributed by atoms with Gasteiger partial charge in [0.05, 0.1) is 17.2 Å². The number of aromatic nitrogens is 3. The minimum atomic E-state index is 0.211. The third kappa shape index (κ3) is 3.59. The molecule has 6 heteroatoms. The van der Waals surface area contributed by atoms with Crippen molar-refractivity contribution in [3.63, 3.8) is 0 Å². The molecule has 1 fully saturated rings. The van der Waals surface area contributed by atoms with Gasteiger partial charge in [-0.3, -0.25) is 0 Å². The van der Waals surface area contributed by atoms with Crippen LogP contribution in [0.3, 0.4) is 0 Å². The molecule has 1 aliphatic heterocycles. The van der Waals surface area contributed by atoms with Crippen molar-refractivity contribution in [2.75, 3.05) is 18.5 Å². The molecular formula is C23H22N4O2. The maximum atomic E-state index is 5.75. The van der Waals surface area contributed by atoms with Crippen LogP contribution in [0.4, 0.5) is 5.82 Å². The third-order valence-electron chi connectivity index (χ3n) is 5.26. The van der Waals surface area contributed by atoms with Crippen LogP contribution in [0.5, 0.6) is 0 Å². The topological polar surface area (TPSA) is 73.1 Å². The highest BCUT2D eigenvalue weighted by Gasteiger charge is 2.19. The number of ether oxygens (including phenoxy) is 1. The minimum Gasteiger partial charge on any atom is -0.376 e. The normalized spacial score (nSPS) is 16.4. The molecule has 0 spiro atoms. The number of rotatable bonds is 5. The van der Waals surface area contributed by atoms with Gasteiger partial charge in [-0.25, -0.2) is 4.98 Å². The Kier molecular flexibility index (Phi) is 4.69. The van der Waals surface area contributed by atoms with Crippen molar-refractivity contribution in [2.45, 2.75) is 25.9 Å². The molecule has 0 bridgehead atoms. The zero-order chi connectivity index (χ0) is 19.6. The molecule has 5 rings (SSSR count). The summed E-state index contributed by atoms with van der Waals surface area (Å²) in [4.78, 5) is 9.54. The summed E-state index contributed by atoms with van der Waals surface area (Å²) in [7, 11) is 0. The molecule has 0 radical (unpaired) electrons. The molecule has 2 aromatic heterocycles. The first kappa shape index (κ1) is 17.8. The fourth-order valence-electron chi connectivity index (χ4n) is 3.70. The van der Waals surface area contributed by atoms with Crippen LogP contribution in [0, 0.1) is 6.92 Å². The summed E-state index contributed by atoms with van der Waals surface area (Å²) in [5, 5.41) is 8.75. The Morgan fingerprint density at radius 3 is 2.79 bits per heavy atom. The molecule has 146 valence electrons. The van der Waals surface area contributed by atoms with E-state index in [1.165, 1.54) is 0 Å². The van der Waals surface area contributed by atoms with Gasteiger partial charge in [-0.1, -0.05) is 41.6 Å². The van der Waals surface area contributed by atoms with E-state index in [-0.39, 0.29) is 6.10 Å². The van der Waals surface area contributed by atoms with Crippen LogP contribution in [0.1, 0.15) is 18.4 Å². The summed E-state index contributed by atoms with van der Waals surface area (Å²) in [5.41, 5.74) is 3.82. The van der Waals surface area contributed by atoms with Crippen molar-refractivity contribution in [2.24, 2.45) is 0 Å². The molecule has 3 heterocycles. The minimum absolute atomic E-state index is 0.211. The van der Waals surface area contributed by atoms with Gasteiger partial charge in [0.15, 0.2) is 0 Å². The van der Waals surface area contributed by atoms with E-state index in [4.69, 9.17) is 14.2 Å². The number of benzene rings is 2. The SMILES string of the molecule is Cc1cccc2cc(-c3noc(-c4ccccc4)n3)c(NC[C@@H]3CCCO3)nc12. The number of aryl methyl sites for hydroxylation is 1. The number of para-hydroxylation sites is 1. The number of pyridine rings is 1. The number of nitrogens with one attached hydrogen (secondary N) is 1.